The van der Waals surface area contributed by atoms with E-state index in [0.29, 0.717) is 22.4 Å². The molecular weight excluding hydrogens is 298 g/mol. The number of hydrogen-bond donors (Lipinski definition) is 1. The molecule has 3 aromatic rings. The first-order valence-corrected chi connectivity index (χ1v) is 7.93. The number of anilines is 1. The number of rotatable bonds is 5. The summed E-state index contributed by atoms with van der Waals surface area (Å²) in [6.45, 7) is 10.8. The van der Waals surface area contributed by atoms with Crippen molar-refractivity contribution in [2.75, 3.05) is 18.0 Å². The van der Waals surface area contributed by atoms with Gasteiger partial charge in [0.2, 0.25) is 10.5 Å². The molecule has 0 saturated heterocycles. The van der Waals surface area contributed by atoms with E-state index >= 15 is 0 Å². The van der Waals surface area contributed by atoms with Crippen LogP contribution in [0.2, 0.25) is 0 Å². The number of nitrogens with zero attached hydrogens (tertiary/aromatic N) is 6. The van der Waals surface area contributed by atoms with E-state index in [4.69, 9.17) is 12.2 Å². The van der Waals surface area contributed by atoms with Crippen molar-refractivity contribution >= 4 is 29.5 Å². The highest BCUT2D eigenvalue weighted by Crippen LogP contribution is 2.21. The minimum atomic E-state index is 0.527. The predicted molar refractivity (Wildman–Crippen MR) is 88.8 cm³/mol. The third-order valence-corrected chi connectivity index (χ3v) is 3.67. The standard InChI is InChI=1S/C14H21N7S/c1-9(2)6-19(7-10(3)4)12-5-11-17-18-14(22)20(11)13-15-8-16-21(12)13/h5,8-10H,6-7H2,1-4H3,(H,18,22). The van der Waals surface area contributed by atoms with Crippen molar-refractivity contribution in [3.05, 3.63) is 17.2 Å². The van der Waals surface area contributed by atoms with Gasteiger partial charge >= 0.3 is 0 Å². The summed E-state index contributed by atoms with van der Waals surface area (Å²) in [6, 6.07) is 2.01. The van der Waals surface area contributed by atoms with Gasteiger partial charge in [0.25, 0.3) is 0 Å². The molecule has 3 aromatic heterocycles. The van der Waals surface area contributed by atoms with Crippen LogP contribution in [-0.4, -0.2) is 42.3 Å². The molecule has 22 heavy (non-hydrogen) atoms. The summed E-state index contributed by atoms with van der Waals surface area (Å²) in [5.41, 5.74) is 0.762. The van der Waals surface area contributed by atoms with Crippen molar-refractivity contribution in [3.8, 4) is 0 Å². The quantitative estimate of drug-likeness (QED) is 0.732. The number of fused-ring (bicyclic) bond motifs is 3. The molecule has 3 rings (SSSR count). The molecule has 0 atom stereocenters. The number of aromatic amines is 1. The maximum Gasteiger partial charge on any atom is 0.242 e. The Balaban J connectivity index is 2.21. The van der Waals surface area contributed by atoms with Gasteiger partial charge in [0.1, 0.15) is 12.1 Å². The fourth-order valence-corrected chi connectivity index (χ4v) is 2.91. The Bertz CT molecular complexity index is 832. The van der Waals surface area contributed by atoms with Gasteiger partial charge in [-0.1, -0.05) is 27.7 Å². The molecule has 0 saturated carbocycles. The normalized spacial score (nSPS) is 12.1. The van der Waals surface area contributed by atoms with Gasteiger partial charge in [-0.3, -0.25) is 5.10 Å². The molecule has 0 aliphatic rings. The molecule has 0 fully saturated rings. The van der Waals surface area contributed by atoms with Crippen LogP contribution in [0.25, 0.3) is 11.4 Å². The van der Waals surface area contributed by atoms with E-state index in [1.165, 1.54) is 0 Å². The third kappa shape index (κ3) is 2.58. The SMILES string of the molecule is CC(C)CN(CC(C)C)c1cc2n[nH]c(=S)n2c2ncnn12. The van der Waals surface area contributed by atoms with Crippen LogP contribution in [0.15, 0.2) is 12.4 Å². The van der Waals surface area contributed by atoms with Gasteiger partial charge in [0, 0.05) is 19.2 Å². The molecule has 7 nitrogen and oxygen atoms in total. The lowest BCUT2D eigenvalue weighted by molar-refractivity contribution is 0.544. The highest BCUT2D eigenvalue weighted by atomic mass is 32.1. The Morgan fingerprint density at radius 2 is 1.91 bits per heavy atom. The van der Waals surface area contributed by atoms with Gasteiger partial charge < -0.3 is 4.90 Å². The molecule has 0 amide bonds. The summed E-state index contributed by atoms with van der Waals surface area (Å²) in [7, 11) is 0. The monoisotopic (exact) mass is 319 g/mol. The molecule has 3 heterocycles. The van der Waals surface area contributed by atoms with E-state index in [1.807, 2.05) is 10.6 Å². The van der Waals surface area contributed by atoms with Crippen LogP contribution in [0.3, 0.4) is 0 Å². The predicted octanol–water partition coefficient (Wildman–Crippen LogP) is 2.55. The fourth-order valence-electron chi connectivity index (χ4n) is 2.69. The largest absolute Gasteiger partial charge is 0.356 e. The zero-order valence-corrected chi connectivity index (χ0v) is 14.1. The fraction of sp³-hybridized carbons (Fsp3) is 0.571. The van der Waals surface area contributed by atoms with E-state index in [9.17, 15) is 0 Å². The second-order valence-electron chi connectivity index (χ2n) is 6.39. The summed E-state index contributed by atoms with van der Waals surface area (Å²) in [5, 5.41) is 11.5. The third-order valence-electron chi connectivity index (χ3n) is 3.40. The molecule has 0 aliphatic carbocycles. The average Bonchev–Trinajstić information content (AvgIpc) is 3.02. The maximum atomic E-state index is 5.28. The molecule has 0 unspecified atom stereocenters. The first kappa shape index (κ1) is 15.0. The zero-order valence-electron chi connectivity index (χ0n) is 13.3. The van der Waals surface area contributed by atoms with Crippen LogP contribution in [0.1, 0.15) is 27.7 Å². The van der Waals surface area contributed by atoms with Crippen molar-refractivity contribution < 1.29 is 0 Å². The van der Waals surface area contributed by atoms with Crippen LogP contribution < -0.4 is 4.90 Å². The van der Waals surface area contributed by atoms with Crippen molar-refractivity contribution in [3.63, 3.8) is 0 Å². The van der Waals surface area contributed by atoms with Crippen molar-refractivity contribution in [2.24, 2.45) is 11.8 Å². The van der Waals surface area contributed by atoms with Crippen LogP contribution >= 0.6 is 12.2 Å². The summed E-state index contributed by atoms with van der Waals surface area (Å²) in [4.78, 5) is 6.68. The van der Waals surface area contributed by atoms with Crippen molar-refractivity contribution in [1.29, 1.82) is 0 Å². The molecule has 0 aromatic carbocycles. The Morgan fingerprint density at radius 1 is 1.23 bits per heavy atom. The lowest BCUT2D eigenvalue weighted by Gasteiger charge is -2.28. The lowest BCUT2D eigenvalue weighted by Crippen LogP contribution is -2.33. The van der Waals surface area contributed by atoms with Crippen LogP contribution in [0, 0.1) is 16.6 Å². The van der Waals surface area contributed by atoms with E-state index in [-0.39, 0.29) is 0 Å². The summed E-state index contributed by atoms with van der Waals surface area (Å²) in [5.74, 6) is 2.78. The topological polar surface area (TPSA) is 66.5 Å². The molecule has 118 valence electrons. The Hall–Kier alpha value is -1.96. The molecule has 0 aliphatic heterocycles. The van der Waals surface area contributed by atoms with Gasteiger partial charge in [-0.05, 0) is 24.1 Å². The highest BCUT2D eigenvalue weighted by Gasteiger charge is 2.18. The Morgan fingerprint density at radius 3 is 2.55 bits per heavy atom. The zero-order chi connectivity index (χ0) is 15.9. The minimum Gasteiger partial charge on any atom is -0.356 e. The van der Waals surface area contributed by atoms with Gasteiger partial charge in [-0.15, -0.1) is 0 Å². The summed E-state index contributed by atoms with van der Waals surface area (Å²) in [6.07, 6.45) is 1.55. The van der Waals surface area contributed by atoms with Crippen LogP contribution in [-0.2, 0) is 0 Å². The minimum absolute atomic E-state index is 0.527. The second kappa shape index (κ2) is 5.68. The molecule has 0 spiro atoms. The molecule has 1 N–H and O–H groups in total. The van der Waals surface area contributed by atoms with Gasteiger partial charge in [0.15, 0.2) is 5.65 Å². The second-order valence-corrected chi connectivity index (χ2v) is 6.78. The highest BCUT2D eigenvalue weighted by molar-refractivity contribution is 7.71. The van der Waals surface area contributed by atoms with Crippen LogP contribution in [0.5, 0.6) is 0 Å². The number of H-pyrrole nitrogens is 1. The summed E-state index contributed by atoms with van der Waals surface area (Å²) < 4.78 is 4.16. The Labute approximate surface area is 134 Å². The van der Waals surface area contributed by atoms with Gasteiger partial charge in [-0.25, -0.2) is 4.40 Å². The van der Waals surface area contributed by atoms with Crippen LogP contribution in [0.4, 0.5) is 5.82 Å². The molecular formula is C14H21N7S. The lowest BCUT2D eigenvalue weighted by atomic mass is 10.1. The van der Waals surface area contributed by atoms with Crippen molar-refractivity contribution in [1.82, 2.24) is 29.2 Å². The molecule has 0 bridgehead atoms. The van der Waals surface area contributed by atoms with Gasteiger partial charge in [-0.2, -0.15) is 19.7 Å². The maximum absolute atomic E-state index is 5.28. The number of aromatic nitrogens is 6. The number of nitrogens with one attached hydrogen (secondary N) is 1. The van der Waals surface area contributed by atoms with Crippen molar-refractivity contribution in [2.45, 2.75) is 27.7 Å². The Kier molecular flexibility index (Phi) is 3.86. The molecule has 8 heteroatoms. The van der Waals surface area contributed by atoms with E-state index in [2.05, 4.69) is 52.9 Å². The number of hydrogen-bond acceptors (Lipinski definition) is 5. The van der Waals surface area contributed by atoms with Gasteiger partial charge in [0.05, 0.1) is 0 Å². The molecule has 0 radical (unpaired) electrons. The summed E-state index contributed by atoms with van der Waals surface area (Å²) >= 11 is 5.28. The van der Waals surface area contributed by atoms with E-state index < -0.39 is 0 Å². The van der Waals surface area contributed by atoms with E-state index in [1.54, 1.807) is 10.7 Å². The smallest absolute Gasteiger partial charge is 0.242 e. The average molecular weight is 319 g/mol. The van der Waals surface area contributed by atoms with E-state index in [0.717, 1.165) is 24.6 Å². The first-order chi connectivity index (χ1) is 10.5. The first-order valence-electron chi connectivity index (χ1n) is 7.52.